The smallest absolute Gasteiger partial charge is 0.267 e. The first-order chi connectivity index (χ1) is 12.1. The zero-order valence-corrected chi connectivity index (χ0v) is 14.6. The fraction of sp³-hybridized carbons (Fsp3) is 0.444. The van der Waals surface area contributed by atoms with Crippen molar-refractivity contribution in [3.63, 3.8) is 0 Å². The summed E-state index contributed by atoms with van der Waals surface area (Å²) in [4.78, 5) is 30.6. The van der Waals surface area contributed by atoms with E-state index in [0.29, 0.717) is 6.54 Å². The number of hydrogen-bond acceptors (Lipinski definition) is 5. The molecule has 0 aromatic carbocycles. The van der Waals surface area contributed by atoms with Crippen LogP contribution in [-0.4, -0.2) is 45.7 Å². The third-order valence-electron chi connectivity index (χ3n) is 4.57. The Hall–Kier alpha value is -2.70. The molecule has 0 saturated carbocycles. The average molecular weight is 341 g/mol. The Labute approximate surface area is 146 Å². The number of anilines is 1. The zero-order valence-electron chi connectivity index (χ0n) is 14.6. The van der Waals surface area contributed by atoms with Gasteiger partial charge in [-0.2, -0.15) is 5.10 Å². The second kappa shape index (κ2) is 7.46. The van der Waals surface area contributed by atoms with Gasteiger partial charge in [0.05, 0.1) is 5.69 Å². The normalized spacial score (nSPS) is 17.4. The summed E-state index contributed by atoms with van der Waals surface area (Å²) in [5, 5.41) is 7.19. The predicted octanol–water partition coefficient (Wildman–Crippen LogP) is 1.39. The molecule has 132 valence electrons. The number of aryl methyl sites for hydroxylation is 1. The molecule has 0 bridgehead atoms. The molecule has 1 saturated heterocycles. The number of carbonyl (C=O) groups excluding carboxylic acids is 1. The summed E-state index contributed by atoms with van der Waals surface area (Å²) in [6.45, 7) is 3.18. The molecular formula is C18H23N5O2. The van der Waals surface area contributed by atoms with Gasteiger partial charge >= 0.3 is 0 Å². The van der Waals surface area contributed by atoms with Gasteiger partial charge in [-0.3, -0.25) is 9.59 Å². The van der Waals surface area contributed by atoms with Crippen molar-refractivity contribution >= 4 is 11.7 Å². The number of likely N-dealkylation sites (tertiary alicyclic amines) is 1. The van der Waals surface area contributed by atoms with E-state index >= 15 is 0 Å². The van der Waals surface area contributed by atoms with Crippen LogP contribution in [0.3, 0.4) is 0 Å². The van der Waals surface area contributed by atoms with Crippen LogP contribution >= 0.6 is 0 Å². The monoisotopic (exact) mass is 341 g/mol. The molecule has 7 nitrogen and oxygen atoms in total. The summed E-state index contributed by atoms with van der Waals surface area (Å²) in [5.41, 5.74) is 1.66. The van der Waals surface area contributed by atoms with Crippen LogP contribution in [0.1, 0.15) is 30.0 Å². The molecule has 1 amide bonds. The number of pyridine rings is 1. The highest BCUT2D eigenvalue weighted by molar-refractivity contribution is 5.76. The van der Waals surface area contributed by atoms with Gasteiger partial charge < -0.3 is 10.2 Å². The Bertz CT molecular complexity index is 817. The Kier molecular flexibility index (Phi) is 5.11. The molecule has 3 heterocycles. The van der Waals surface area contributed by atoms with E-state index in [1.54, 1.807) is 19.2 Å². The number of nitrogens with zero attached hydrogens (tertiary/aromatic N) is 4. The molecular weight excluding hydrogens is 318 g/mol. The van der Waals surface area contributed by atoms with E-state index in [1.807, 2.05) is 24.1 Å². The molecule has 7 heteroatoms. The van der Waals surface area contributed by atoms with Crippen molar-refractivity contribution in [1.82, 2.24) is 19.7 Å². The lowest BCUT2D eigenvalue weighted by molar-refractivity contribution is -0.133. The van der Waals surface area contributed by atoms with E-state index in [1.165, 1.54) is 16.3 Å². The summed E-state index contributed by atoms with van der Waals surface area (Å²) in [6.07, 6.45) is 3.78. The van der Waals surface area contributed by atoms with Gasteiger partial charge in [-0.05, 0) is 43.5 Å². The van der Waals surface area contributed by atoms with Crippen LogP contribution in [0.5, 0.6) is 0 Å². The molecule has 1 N–H and O–H groups in total. The van der Waals surface area contributed by atoms with Gasteiger partial charge in [0.2, 0.25) is 5.91 Å². The Morgan fingerprint density at radius 1 is 1.36 bits per heavy atom. The lowest BCUT2D eigenvalue weighted by Gasteiger charge is -2.33. The summed E-state index contributed by atoms with van der Waals surface area (Å²) in [7, 11) is 1.84. The molecule has 1 aliphatic rings. The van der Waals surface area contributed by atoms with Crippen LogP contribution in [0.25, 0.3) is 0 Å². The second-order valence-corrected chi connectivity index (χ2v) is 6.37. The van der Waals surface area contributed by atoms with Crippen LogP contribution in [0, 0.1) is 6.92 Å². The van der Waals surface area contributed by atoms with Crippen LogP contribution < -0.4 is 10.9 Å². The third kappa shape index (κ3) is 4.04. The quantitative estimate of drug-likeness (QED) is 0.909. The maximum Gasteiger partial charge on any atom is 0.267 e. The van der Waals surface area contributed by atoms with Gasteiger partial charge in [0, 0.05) is 38.3 Å². The Balaban J connectivity index is 1.71. The first-order valence-electron chi connectivity index (χ1n) is 8.53. The summed E-state index contributed by atoms with van der Waals surface area (Å²) in [5.74, 6) is 1.05. The number of amides is 1. The SMILES string of the molecule is CNc1cc([C@H]2CCCN(C(=O)Cn3nc(C)ccc3=O)C2)ccn1. The highest BCUT2D eigenvalue weighted by atomic mass is 16.2. The minimum absolute atomic E-state index is 0.00859. The molecule has 2 aromatic heterocycles. The molecule has 0 unspecified atom stereocenters. The molecule has 0 aliphatic carbocycles. The Morgan fingerprint density at radius 2 is 2.20 bits per heavy atom. The van der Waals surface area contributed by atoms with Crippen molar-refractivity contribution < 1.29 is 4.79 Å². The molecule has 0 radical (unpaired) electrons. The van der Waals surface area contributed by atoms with Gasteiger partial charge in [0.1, 0.15) is 12.4 Å². The minimum Gasteiger partial charge on any atom is -0.373 e. The van der Waals surface area contributed by atoms with Crippen molar-refractivity contribution in [2.45, 2.75) is 32.2 Å². The van der Waals surface area contributed by atoms with E-state index in [2.05, 4.69) is 15.4 Å². The van der Waals surface area contributed by atoms with Crippen molar-refractivity contribution in [3.8, 4) is 0 Å². The van der Waals surface area contributed by atoms with E-state index in [4.69, 9.17) is 0 Å². The van der Waals surface area contributed by atoms with Crippen LogP contribution in [-0.2, 0) is 11.3 Å². The largest absolute Gasteiger partial charge is 0.373 e. The van der Waals surface area contributed by atoms with Gasteiger partial charge in [-0.25, -0.2) is 9.67 Å². The molecule has 3 rings (SSSR count). The number of nitrogens with one attached hydrogen (secondary N) is 1. The minimum atomic E-state index is -0.250. The number of piperidine rings is 1. The van der Waals surface area contributed by atoms with Gasteiger partial charge in [0.25, 0.3) is 5.56 Å². The van der Waals surface area contributed by atoms with Gasteiger partial charge in [-0.15, -0.1) is 0 Å². The van der Waals surface area contributed by atoms with Crippen molar-refractivity contribution in [1.29, 1.82) is 0 Å². The molecule has 1 atom stereocenters. The standard InChI is InChI=1S/C18H23N5O2/c1-13-5-6-17(24)23(21-13)12-18(25)22-9-3-4-15(11-22)14-7-8-20-16(10-14)19-2/h5-8,10,15H,3-4,9,11-12H2,1-2H3,(H,19,20)/t15-/m0/s1. The summed E-state index contributed by atoms with van der Waals surface area (Å²) in [6, 6.07) is 7.14. The van der Waals surface area contributed by atoms with Crippen molar-refractivity contribution in [2.75, 3.05) is 25.5 Å². The number of rotatable bonds is 4. The lowest BCUT2D eigenvalue weighted by Crippen LogP contribution is -2.42. The van der Waals surface area contributed by atoms with E-state index in [0.717, 1.165) is 30.9 Å². The summed E-state index contributed by atoms with van der Waals surface area (Å²) < 4.78 is 1.24. The van der Waals surface area contributed by atoms with E-state index in [9.17, 15) is 9.59 Å². The topological polar surface area (TPSA) is 80.1 Å². The molecule has 0 spiro atoms. The maximum atomic E-state index is 12.6. The predicted molar refractivity (Wildman–Crippen MR) is 95.6 cm³/mol. The second-order valence-electron chi connectivity index (χ2n) is 6.37. The number of aromatic nitrogens is 3. The average Bonchev–Trinajstić information content (AvgIpc) is 2.65. The van der Waals surface area contributed by atoms with Gasteiger partial charge in [0.15, 0.2) is 0 Å². The lowest BCUT2D eigenvalue weighted by atomic mass is 9.91. The fourth-order valence-corrected chi connectivity index (χ4v) is 3.21. The number of hydrogen-bond donors (Lipinski definition) is 1. The number of carbonyl (C=O) groups is 1. The van der Waals surface area contributed by atoms with Crippen LogP contribution in [0.15, 0.2) is 35.3 Å². The maximum absolute atomic E-state index is 12.6. The molecule has 25 heavy (non-hydrogen) atoms. The van der Waals surface area contributed by atoms with E-state index in [-0.39, 0.29) is 23.9 Å². The Morgan fingerprint density at radius 3 is 3.00 bits per heavy atom. The van der Waals surface area contributed by atoms with E-state index < -0.39 is 0 Å². The van der Waals surface area contributed by atoms with Gasteiger partial charge in [-0.1, -0.05) is 0 Å². The first-order valence-corrected chi connectivity index (χ1v) is 8.53. The summed E-state index contributed by atoms with van der Waals surface area (Å²) >= 11 is 0. The first kappa shape index (κ1) is 17.1. The highest BCUT2D eigenvalue weighted by Gasteiger charge is 2.25. The molecule has 1 aliphatic heterocycles. The molecule has 2 aromatic rings. The van der Waals surface area contributed by atoms with Crippen LogP contribution in [0.2, 0.25) is 0 Å². The molecule has 1 fully saturated rings. The zero-order chi connectivity index (χ0) is 17.8. The van der Waals surface area contributed by atoms with Crippen LogP contribution in [0.4, 0.5) is 5.82 Å². The fourth-order valence-electron chi connectivity index (χ4n) is 3.21. The van der Waals surface area contributed by atoms with Crippen molar-refractivity contribution in [2.24, 2.45) is 0 Å². The third-order valence-corrected chi connectivity index (χ3v) is 4.57. The highest BCUT2D eigenvalue weighted by Crippen LogP contribution is 2.27. The van der Waals surface area contributed by atoms with Crippen molar-refractivity contribution in [3.05, 3.63) is 52.1 Å².